The average Bonchev–Trinajstić information content (AvgIpc) is 3.06. The molecule has 0 bridgehead atoms. The highest BCUT2D eigenvalue weighted by molar-refractivity contribution is 5.93. The molecule has 0 radical (unpaired) electrons. The Morgan fingerprint density at radius 1 is 1.72 bits per heavy atom. The lowest BCUT2D eigenvalue weighted by Crippen LogP contribution is -2.39. The van der Waals surface area contributed by atoms with Crippen LogP contribution in [0.4, 0.5) is 0 Å². The summed E-state index contributed by atoms with van der Waals surface area (Å²) in [7, 11) is 1.63. The van der Waals surface area contributed by atoms with Gasteiger partial charge in [-0.05, 0) is 12.8 Å². The fourth-order valence-corrected chi connectivity index (χ4v) is 2.06. The summed E-state index contributed by atoms with van der Waals surface area (Å²) < 4.78 is 10.6. The molecule has 1 N–H and O–H groups in total. The van der Waals surface area contributed by atoms with Crippen LogP contribution in [0.2, 0.25) is 0 Å². The normalized spacial score (nSPS) is 19.1. The number of methoxy groups -OCH3 is 1. The minimum atomic E-state index is -0.0312. The van der Waals surface area contributed by atoms with Crippen molar-refractivity contribution in [2.24, 2.45) is 0 Å². The lowest BCUT2D eigenvalue weighted by atomic mass is 10.2. The van der Waals surface area contributed by atoms with Gasteiger partial charge in [0, 0.05) is 33.0 Å². The summed E-state index contributed by atoms with van der Waals surface area (Å²) in [5.74, 6) is -0.0312. The summed E-state index contributed by atoms with van der Waals surface area (Å²) in [6.07, 6.45) is 5.39. The quantitative estimate of drug-likeness (QED) is 0.809. The van der Waals surface area contributed by atoms with Gasteiger partial charge in [-0.3, -0.25) is 9.89 Å². The number of hydrogen-bond donors (Lipinski definition) is 1. The summed E-state index contributed by atoms with van der Waals surface area (Å²) in [5.41, 5.74) is 0.573. The van der Waals surface area contributed by atoms with Gasteiger partial charge in [-0.2, -0.15) is 5.10 Å². The van der Waals surface area contributed by atoms with Crippen LogP contribution in [0.5, 0.6) is 0 Å². The molecule has 0 spiro atoms. The van der Waals surface area contributed by atoms with E-state index in [1.807, 2.05) is 0 Å². The van der Waals surface area contributed by atoms with E-state index in [9.17, 15) is 4.79 Å². The van der Waals surface area contributed by atoms with E-state index in [1.165, 1.54) is 6.20 Å². The van der Waals surface area contributed by atoms with Gasteiger partial charge in [0.1, 0.15) is 0 Å². The van der Waals surface area contributed by atoms with Crippen LogP contribution in [0.15, 0.2) is 12.4 Å². The van der Waals surface area contributed by atoms with Gasteiger partial charge in [-0.25, -0.2) is 0 Å². The first-order valence-electron chi connectivity index (χ1n) is 6.20. The molecule has 0 saturated carbocycles. The van der Waals surface area contributed by atoms with Gasteiger partial charge >= 0.3 is 0 Å². The molecule has 1 atom stereocenters. The fourth-order valence-electron chi connectivity index (χ4n) is 2.06. The lowest BCUT2D eigenvalue weighted by Gasteiger charge is -2.24. The molecule has 0 aromatic carbocycles. The third kappa shape index (κ3) is 3.30. The molecule has 18 heavy (non-hydrogen) atoms. The predicted molar refractivity (Wildman–Crippen MR) is 65.3 cm³/mol. The van der Waals surface area contributed by atoms with E-state index in [2.05, 4.69) is 10.2 Å². The molecule has 1 fully saturated rings. The smallest absolute Gasteiger partial charge is 0.257 e. The van der Waals surface area contributed by atoms with Crippen molar-refractivity contribution < 1.29 is 14.3 Å². The van der Waals surface area contributed by atoms with Crippen molar-refractivity contribution in [3.8, 4) is 0 Å². The molecule has 1 aromatic heterocycles. The van der Waals surface area contributed by atoms with E-state index in [1.54, 1.807) is 18.2 Å². The number of rotatable bonds is 6. The molecule has 0 unspecified atom stereocenters. The predicted octanol–water partition coefficient (Wildman–Crippen LogP) is 0.677. The van der Waals surface area contributed by atoms with E-state index in [0.29, 0.717) is 25.3 Å². The van der Waals surface area contributed by atoms with Crippen LogP contribution in [-0.4, -0.2) is 60.5 Å². The maximum Gasteiger partial charge on any atom is 0.257 e. The van der Waals surface area contributed by atoms with Crippen molar-refractivity contribution in [3.05, 3.63) is 18.0 Å². The van der Waals surface area contributed by atoms with Crippen LogP contribution >= 0.6 is 0 Å². The van der Waals surface area contributed by atoms with Crippen molar-refractivity contribution in [1.29, 1.82) is 0 Å². The number of nitrogens with one attached hydrogen (secondary N) is 1. The summed E-state index contributed by atoms with van der Waals surface area (Å²) in [5, 5.41) is 6.46. The minimum Gasteiger partial charge on any atom is -0.383 e. The van der Waals surface area contributed by atoms with Crippen LogP contribution in [0.3, 0.4) is 0 Å². The summed E-state index contributed by atoms with van der Waals surface area (Å²) >= 11 is 0. The second-order valence-corrected chi connectivity index (χ2v) is 4.37. The molecule has 100 valence electrons. The number of carbonyl (C=O) groups is 1. The zero-order valence-electron chi connectivity index (χ0n) is 10.6. The second kappa shape index (κ2) is 6.51. The maximum absolute atomic E-state index is 12.3. The Morgan fingerprint density at radius 2 is 2.61 bits per heavy atom. The second-order valence-electron chi connectivity index (χ2n) is 4.37. The first kappa shape index (κ1) is 13.0. The van der Waals surface area contributed by atoms with Gasteiger partial charge < -0.3 is 14.4 Å². The Kier molecular flexibility index (Phi) is 4.72. The van der Waals surface area contributed by atoms with Crippen LogP contribution in [0.1, 0.15) is 23.2 Å². The molecule has 0 aliphatic carbocycles. The first-order chi connectivity index (χ1) is 8.81. The summed E-state index contributed by atoms with van der Waals surface area (Å²) in [6, 6.07) is 0. The van der Waals surface area contributed by atoms with Gasteiger partial charge in [0.2, 0.25) is 0 Å². The Bertz CT molecular complexity index is 361. The number of ether oxygens (including phenoxy) is 2. The monoisotopic (exact) mass is 253 g/mol. The summed E-state index contributed by atoms with van der Waals surface area (Å²) in [4.78, 5) is 14.0. The molecule has 2 heterocycles. The Balaban J connectivity index is 1.96. The largest absolute Gasteiger partial charge is 0.383 e. The standard InChI is InChI=1S/C12H19N3O3/c1-17-6-4-15(9-11-3-2-5-18-11)12(16)10-7-13-14-8-10/h7-8,11H,2-6,9H2,1H3,(H,13,14)/t11-/m1/s1. The molecule has 6 nitrogen and oxygen atoms in total. The number of aromatic amines is 1. The Morgan fingerprint density at radius 3 is 3.22 bits per heavy atom. The molecule has 2 rings (SSSR count). The maximum atomic E-state index is 12.3. The molecule has 1 aromatic rings. The Hall–Kier alpha value is -1.40. The van der Waals surface area contributed by atoms with Crippen molar-refractivity contribution >= 4 is 5.91 Å². The number of amides is 1. The van der Waals surface area contributed by atoms with Crippen LogP contribution in [0.25, 0.3) is 0 Å². The third-order valence-corrected chi connectivity index (χ3v) is 3.05. The molecule has 1 amide bonds. The van der Waals surface area contributed by atoms with Crippen molar-refractivity contribution in [2.45, 2.75) is 18.9 Å². The highest BCUT2D eigenvalue weighted by Crippen LogP contribution is 2.14. The third-order valence-electron chi connectivity index (χ3n) is 3.05. The number of nitrogens with zero attached hydrogens (tertiary/aromatic N) is 2. The van der Waals surface area contributed by atoms with Crippen LogP contribution < -0.4 is 0 Å². The van der Waals surface area contributed by atoms with Gasteiger partial charge in [0.05, 0.1) is 24.5 Å². The van der Waals surface area contributed by atoms with Gasteiger partial charge in [0.15, 0.2) is 0 Å². The molecule has 6 heteroatoms. The molecule has 1 saturated heterocycles. The number of H-pyrrole nitrogens is 1. The number of carbonyl (C=O) groups excluding carboxylic acids is 1. The Labute approximate surface area is 106 Å². The highest BCUT2D eigenvalue weighted by Gasteiger charge is 2.23. The van der Waals surface area contributed by atoms with Crippen LogP contribution in [-0.2, 0) is 9.47 Å². The zero-order chi connectivity index (χ0) is 12.8. The SMILES string of the molecule is COCCN(C[C@H]1CCCO1)C(=O)c1cn[nH]c1. The topological polar surface area (TPSA) is 67.5 Å². The van der Waals surface area contributed by atoms with Gasteiger partial charge in [-0.1, -0.05) is 0 Å². The van der Waals surface area contributed by atoms with Crippen molar-refractivity contribution in [2.75, 3.05) is 33.4 Å². The van der Waals surface area contributed by atoms with Gasteiger partial charge in [-0.15, -0.1) is 0 Å². The number of hydrogen-bond acceptors (Lipinski definition) is 4. The first-order valence-corrected chi connectivity index (χ1v) is 6.20. The van der Waals surface area contributed by atoms with Crippen molar-refractivity contribution in [3.63, 3.8) is 0 Å². The average molecular weight is 253 g/mol. The lowest BCUT2D eigenvalue weighted by molar-refractivity contribution is 0.0456. The van der Waals surface area contributed by atoms with Crippen LogP contribution in [0, 0.1) is 0 Å². The van der Waals surface area contributed by atoms with Crippen molar-refractivity contribution in [1.82, 2.24) is 15.1 Å². The van der Waals surface area contributed by atoms with E-state index in [4.69, 9.17) is 9.47 Å². The molecule has 1 aliphatic rings. The molecular weight excluding hydrogens is 234 g/mol. The molecular formula is C12H19N3O3. The summed E-state index contributed by atoms with van der Waals surface area (Å²) in [6.45, 7) is 2.51. The highest BCUT2D eigenvalue weighted by atomic mass is 16.5. The fraction of sp³-hybridized carbons (Fsp3) is 0.667. The number of aromatic nitrogens is 2. The molecule has 1 aliphatic heterocycles. The zero-order valence-corrected chi connectivity index (χ0v) is 10.6. The van der Waals surface area contributed by atoms with Gasteiger partial charge in [0.25, 0.3) is 5.91 Å². The van der Waals surface area contributed by atoms with E-state index >= 15 is 0 Å². The van der Waals surface area contributed by atoms with E-state index in [0.717, 1.165) is 19.4 Å². The van der Waals surface area contributed by atoms with E-state index in [-0.39, 0.29) is 12.0 Å². The minimum absolute atomic E-state index is 0.0312. The van der Waals surface area contributed by atoms with E-state index < -0.39 is 0 Å².